The standard InChI is InChI=1S/C19H26N4O2/c1-2-18-21-10-13-22(18)12-8-19(24)23-11-5-7-17(14-23)25-15-16-6-3-4-9-20-16/h3-4,6,9-10,13,17H,2,5,7-8,11-12,14-15H2,1H3/t17-/m1/s1. The van der Waals surface area contributed by atoms with E-state index in [9.17, 15) is 4.79 Å². The predicted molar refractivity (Wildman–Crippen MR) is 94.9 cm³/mol. The molecule has 1 amide bonds. The Hall–Kier alpha value is -2.21. The fraction of sp³-hybridized carbons (Fsp3) is 0.526. The van der Waals surface area contributed by atoms with E-state index < -0.39 is 0 Å². The third kappa shape index (κ3) is 4.89. The Bertz CT molecular complexity index is 671. The van der Waals surface area contributed by atoms with Crippen LogP contribution in [0.25, 0.3) is 0 Å². The van der Waals surface area contributed by atoms with Gasteiger partial charge in [-0.3, -0.25) is 9.78 Å². The van der Waals surface area contributed by atoms with Crippen LogP contribution in [-0.4, -0.2) is 44.5 Å². The summed E-state index contributed by atoms with van der Waals surface area (Å²) in [5.41, 5.74) is 0.929. The molecule has 1 aliphatic rings. The van der Waals surface area contributed by atoms with E-state index in [2.05, 4.69) is 21.5 Å². The van der Waals surface area contributed by atoms with E-state index >= 15 is 0 Å². The molecule has 0 radical (unpaired) electrons. The monoisotopic (exact) mass is 342 g/mol. The smallest absolute Gasteiger partial charge is 0.224 e. The Morgan fingerprint density at radius 2 is 2.24 bits per heavy atom. The van der Waals surface area contributed by atoms with Crippen molar-refractivity contribution >= 4 is 5.91 Å². The van der Waals surface area contributed by atoms with Crippen LogP contribution in [0, 0.1) is 0 Å². The molecule has 0 N–H and O–H groups in total. The Kier molecular flexibility index (Phi) is 6.17. The summed E-state index contributed by atoms with van der Waals surface area (Å²) in [6.45, 7) is 4.78. The summed E-state index contributed by atoms with van der Waals surface area (Å²) in [6.07, 6.45) is 8.99. The number of carbonyl (C=O) groups is 1. The molecule has 1 aliphatic heterocycles. The number of imidazole rings is 1. The number of ether oxygens (including phenoxy) is 1. The molecule has 134 valence electrons. The van der Waals surface area contributed by atoms with Crippen LogP contribution in [-0.2, 0) is 29.1 Å². The number of nitrogens with zero attached hydrogens (tertiary/aromatic N) is 4. The second-order valence-corrected chi connectivity index (χ2v) is 6.38. The molecule has 2 aromatic rings. The van der Waals surface area contributed by atoms with Gasteiger partial charge in [0.1, 0.15) is 5.82 Å². The molecule has 0 spiro atoms. The average Bonchev–Trinajstić information content (AvgIpc) is 3.13. The van der Waals surface area contributed by atoms with Crippen LogP contribution in [0.15, 0.2) is 36.8 Å². The van der Waals surface area contributed by atoms with Crippen molar-refractivity contribution in [3.8, 4) is 0 Å². The van der Waals surface area contributed by atoms with Crippen molar-refractivity contribution in [3.05, 3.63) is 48.3 Å². The number of pyridine rings is 1. The Morgan fingerprint density at radius 1 is 1.32 bits per heavy atom. The first-order chi connectivity index (χ1) is 12.3. The third-order valence-electron chi connectivity index (χ3n) is 4.61. The molecule has 3 heterocycles. The normalized spacial score (nSPS) is 17.6. The van der Waals surface area contributed by atoms with Crippen LogP contribution >= 0.6 is 0 Å². The molecule has 6 heteroatoms. The molecular formula is C19H26N4O2. The van der Waals surface area contributed by atoms with Gasteiger partial charge in [-0.2, -0.15) is 0 Å². The highest BCUT2D eigenvalue weighted by molar-refractivity contribution is 5.76. The van der Waals surface area contributed by atoms with Crippen molar-refractivity contribution in [2.24, 2.45) is 0 Å². The maximum atomic E-state index is 12.5. The summed E-state index contributed by atoms with van der Waals surface area (Å²) < 4.78 is 8.03. The molecule has 0 saturated carbocycles. The molecule has 25 heavy (non-hydrogen) atoms. The second-order valence-electron chi connectivity index (χ2n) is 6.38. The minimum Gasteiger partial charge on any atom is -0.370 e. The number of aromatic nitrogens is 3. The van der Waals surface area contributed by atoms with Crippen molar-refractivity contribution < 1.29 is 9.53 Å². The van der Waals surface area contributed by atoms with Crippen LogP contribution in [0.2, 0.25) is 0 Å². The lowest BCUT2D eigenvalue weighted by Crippen LogP contribution is -2.43. The number of carbonyl (C=O) groups excluding carboxylic acids is 1. The zero-order valence-electron chi connectivity index (χ0n) is 14.8. The number of likely N-dealkylation sites (tertiary alicyclic amines) is 1. The fourth-order valence-electron chi connectivity index (χ4n) is 3.22. The van der Waals surface area contributed by atoms with Crippen molar-refractivity contribution in [3.63, 3.8) is 0 Å². The molecule has 0 bridgehead atoms. The van der Waals surface area contributed by atoms with Gasteiger partial charge in [0, 0.05) is 51.1 Å². The van der Waals surface area contributed by atoms with E-state index in [4.69, 9.17) is 4.74 Å². The Morgan fingerprint density at radius 3 is 3.04 bits per heavy atom. The molecule has 3 rings (SSSR count). The first-order valence-corrected chi connectivity index (χ1v) is 9.05. The Balaban J connectivity index is 1.46. The number of rotatable bonds is 7. The highest BCUT2D eigenvalue weighted by atomic mass is 16.5. The fourth-order valence-corrected chi connectivity index (χ4v) is 3.22. The lowest BCUT2D eigenvalue weighted by atomic mass is 10.1. The summed E-state index contributed by atoms with van der Waals surface area (Å²) in [7, 11) is 0. The molecule has 0 aromatic carbocycles. The zero-order chi connectivity index (χ0) is 17.5. The molecule has 1 atom stereocenters. The summed E-state index contributed by atoms with van der Waals surface area (Å²) in [6, 6.07) is 5.82. The molecule has 2 aromatic heterocycles. The maximum Gasteiger partial charge on any atom is 0.224 e. The van der Waals surface area contributed by atoms with E-state index in [-0.39, 0.29) is 12.0 Å². The summed E-state index contributed by atoms with van der Waals surface area (Å²) in [5, 5.41) is 0. The number of amides is 1. The molecular weight excluding hydrogens is 316 g/mol. The largest absolute Gasteiger partial charge is 0.370 e. The number of hydrogen-bond donors (Lipinski definition) is 0. The van der Waals surface area contributed by atoms with Crippen molar-refractivity contribution in [1.29, 1.82) is 0 Å². The Labute approximate surface area is 148 Å². The van der Waals surface area contributed by atoms with E-state index in [1.54, 1.807) is 12.4 Å². The molecule has 0 aliphatic carbocycles. The summed E-state index contributed by atoms with van der Waals surface area (Å²) in [5.74, 6) is 1.23. The van der Waals surface area contributed by atoms with Crippen LogP contribution in [0.4, 0.5) is 0 Å². The number of aryl methyl sites for hydroxylation is 2. The van der Waals surface area contributed by atoms with Gasteiger partial charge in [-0.1, -0.05) is 13.0 Å². The van der Waals surface area contributed by atoms with E-state index in [1.807, 2.05) is 29.3 Å². The third-order valence-corrected chi connectivity index (χ3v) is 4.61. The SMILES string of the molecule is CCc1nccn1CCC(=O)N1CCC[C@@H](OCc2ccccn2)C1. The second kappa shape index (κ2) is 8.76. The van der Waals surface area contributed by atoms with Gasteiger partial charge in [-0.15, -0.1) is 0 Å². The highest BCUT2D eigenvalue weighted by Crippen LogP contribution is 2.16. The van der Waals surface area contributed by atoms with Gasteiger partial charge < -0.3 is 14.2 Å². The molecule has 6 nitrogen and oxygen atoms in total. The lowest BCUT2D eigenvalue weighted by Gasteiger charge is -2.32. The predicted octanol–water partition coefficient (Wildman–Crippen LogP) is 2.44. The van der Waals surface area contributed by atoms with Crippen molar-refractivity contribution in [2.75, 3.05) is 13.1 Å². The molecule has 0 unspecified atom stereocenters. The van der Waals surface area contributed by atoms with Crippen LogP contribution in [0.3, 0.4) is 0 Å². The van der Waals surface area contributed by atoms with E-state index in [1.165, 1.54) is 0 Å². The van der Waals surface area contributed by atoms with E-state index in [0.29, 0.717) is 26.1 Å². The first-order valence-electron chi connectivity index (χ1n) is 9.05. The maximum absolute atomic E-state index is 12.5. The highest BCUT2D eigenvalue weighted by Gasteiger charge is 2.24. The minimum atomic E-state index is 0.0964. The van der Waals surface area contributed by atoms with Gasteiger partial charge in [-0.05, 0) is 25.0 Å². The van der Waals surface area contributed by atoms with Crippen molar-refractivity contribution in [2.45, 2.75) is 51.9 Å². The minimum absolute atomic E-state index is 0.0964. The van der Waals surface area contributed by atoms with Crippen LogP contribution in [0.1, 0.15) is 37.7 Å². The quantitative estimate of drug-likeness (QED) is 0.775. The number of piperidine rings is 1. The van der Waals surface area contributed by atoms with Gasteiger partial charge in [0.15, 0.2) is 0 Å². The average molecular weight is 342 g/mol. The van der Waals surface area contributed by atoms with Crippen LogP contribution < -0.4 is 0 Å². The zero-order valence-corrected chi connectivity index (χ0v) is 14.8. The number of hydrogen-bond acceptors (Lipinski definition) is 4. The van der Waals surface area contributed by atoms with Gasteiger partial charge in [0.25, 0.3) is 0 Å². The lowest BCUT2D eigenvalue weighted by molar-refractivity contribution is -0.135. The van der Waals surface area contributed by atoms with E-state index in [0.717, 1.165) is 37.3 Å². The van der Waals surface area contributed by atoms with Crippen LogP contribution in [0.5, 0.6) is 0 Å². The topological polar surface area (TPSA) is 60.2 Å². The first kappa shape index (κ1) is 17.6. The molecule has 1 fully saturated rings. The van der Waals surface area contributed by atoms with Gasteiger partial charge in [0.2, 0.25) is 5.91 Å². The summed E-state index contributed by atoms with van der Waals surface area (Å²) in [4.78, 5) is 23.1. The summed E-state index contributed by atoms with van der Waals surface area (Å²) >= 11 is 0. The molecule has 1 saturated heterocycles. The van der Waals surface area contributed by atoms with Gasteiger partial charge in [0.05, 0.1) is 18.4 Å². The van der Waals surface area contributed by atoms with Gasteiger partial charge >= 0.3 is 0 Å². The van der Waals surface area contributed by atoms with Crippen molar-refractivity contribution in [1.82, 2.24) is 19.4 Å². The van der Waals surface area contributed by atoms with Gasteiger partial charge in [-0.25, -0.2) is 4.98 Å².